The highest BCUT2D eigenvalue weighted by Gasteiger charge is 2.27. The van der Waals surface area contributed by atoms with Gasteiger partial charge in [0.15, 0.2) is 0 Å². The third kappa shape index (κ3) is 2.96. The number of Topliss-reactive ketones (excluding diaryl/α,β-unsaturated/α-hetero) is 1. The summed E-state index contributed by atoms with van der Waals surface area (Å²) in [6.45, 7) is 0.481. The van der Waals surface area contributed by atoms with Gasteiger partial charge in [-0.25, -0.2) is 4.68 Å². The van der Waals surface area contributed by atoms with Gasteiger partial charge in [-0.3, -0.25) is 9.59 Å². The molecule has 0 bridgehead atoms. The molecule has 25 heavy (non-hydrogen) atoms. The Labute approximate surface area is 145 Å². The molecule has 3 aromatic rings. The second kappa shape index (κ2) is 6.36. The maximum atomic E-state index is 12.3. The molecule has 1 amide bonds. The van der Waals surface area contributed by atoms with Gasteiger partial charge in [0.1, 0.15) is 0 Å². The Bertz CT molecular complexity index is 931. The Hall–Kier alpha value is -3.21. The Balaban J connectivity index is 1.38. The van der Waals surface area contributed by atoms with E-state index < -0.39 is 11.7 Å². The minimum absolute atomic E-state index is 0.287. The van der Waals surface area contributed by atoms with Gasteiger partial charge >= 0.3 is 0 Å². The van der Waals surface area contributed by atoms with Crippen LogP contribution in [0.5, 0.6) is 0 Å². The number of aromatic nitrogens is 2. The highest BCUT2D eigenvalue weighted by atomic mass is 16.2. The highest BCUT2D eigenvalue weighted by molar-refractivity contribution is 6.42. The topological polar surface area (TPSA) is 64.0 Å². The van der Waals surface area contributed by atoms with E-state index in [0.717, 1.165) is 12.1 Å². The first-order valence-electron chi connectivity index (χ1n) is 8.23. The first-order chi connectivity index (χ1) is 12.2. The summed E-state index contributed by atoms with van der Waals surface area (Å²) in [5, 5.41) is 6.91. The largest absolute Gasteiger partial charge is 0.349 e. The molecule has 0 spiro atoms. The molecular weight excluding hydrogens is 314 g/mol. The van der Waals surface area contributed by atoms with Crippen LogP contribution in [0.1, 0.15) is 27.4 Å². The van der Waals surface area contributed by atoms with E-state index >= 15 is 0 Å². The second-order valence-corrected chi connectivity index (χ2v) is 6.15. The lowest BCUT2D eigenvalue weighted by Crippen LogP contribution is -2.37. The van der Waals surface area contributed by atoms with E-state index in [9.17, 15) is 9.59 Å². The van der Waals surface area contributed by atoms with Gasteiger partial charge in [-0.1, -0.05) is 42.5 Å². The van der Waals surface area contributed by atoms with Crippen molar-refractivity contribution in [2.24, 2.45) is 0 Å². The summed E-state index contributed by atoms with van der Waals surface area (Å²) in [7, 11) is 0. The van der Waals surface area contributed by atoms with E-state index in [2.05, 4.69) is 22.5 Å². The number of rotatable bonds is 5. The summed E-state index contributed by atoms with van der Waals surface area (Å²) in [5.74, 6) is -0.855. The van der Waals surface area contributed by atoms with Crippen LogP contribution in [-0.4, -0.2) is 28.0 Å². The Morgan fingerprint density at radius 1 is 1.08 bits per heavy atom. The molecule has 0 saturated carbocycles. The highest BCUT2D eigenvalue weighted by Crippen LogP contribution is 2.33. The number of nitrogens with zero attached hydrogens (tertiary/aromatic N) is 2. The minimum Gasteiger partial charge on any atom is -0.349 e. The predicted octanol–water partition coefficient (Wildman–Crippen LogP) is 2.51. The summed E-state index contributed by atoms with van der Waals surface area (Å²) < 4.78 is 1.59. The molecule has 1 heterocycles. The summed E-state index contributed by atoms with van der Waals surface area (Å²) in [6, 6.07) is 17.6. The Morgan fingerprint density at radius 3 is 2.64 bits per heavy atom. The fourth-order valence-electron chi connectivity index (χ4n) is 3.13. The number of benzene rings is 2. The van der Waals surface area contributed by atoms with Gasteiger partial charge < -0.3 is 5.32 Å². The number of nitrogens with one attached hydrogen (secondary N) is 1. The van der Waals surface area contributed by atoms with Gasteiger partial charge in [0.05, 0.1) is 17.4 Å². The van der Waals surface area contributed by atoms with Crippen LogP contribution < -0.4 is 5.32 Å². The number of fused-ring (bicyclic) bond motifs is 1. The van der Waals surface area contributed by atoms with Crippen molar-refractivity contribution < 1.29 is 9.59 Å². The van der Waals surface area contributed by atoms with Crippen molar-refractivity contribution in [2.75, 3.05) is 6.54 Å². The molecule has 1 aliphatic carbocycles. The van der Waals surface area contributed by atoms with Crippen molar-refractivity contribution >= 4 is 11.7 Å². The molecule has 0 radical (unpaired) electrons. The van der Waals surface area contributed by atoms with Gasteiger partial charge in [0, 0.05) is 18.7 Å². The normalized spacial score (nSPS) is 15.1. The molecule has 5 heteroatoms. The van der Waals surface area contributed by atoms with Gasteiger partial charge in [-0.05, 0) is 29.7 Å². The summed E-state index contributed by atoms with van der Waals surface area (Å²) in [4.78, 5) is 24.4. The number of amides is 1. The van der Waals surface area contributed by atoms with Crippen LogP contribution in [0.3, 0.4) is 0 Å². The molecule has 1 atom stereocenters. The van der Waals surface area contributed by atoms with Gasteiger partial charge in [-0.2, -0.15) is 5.10 Å². The van der Waals surface area contributed by atoms with E-state index in [1.54, 1.807) is 10.9 Å². The van der Waals surface area contributed by atoms with E-state index in [1.165, 1.54) is 17.3 Å². The average Bonchev–Trinajstić information content (AvgIpc) is 3.12. The quantitative estimate of drug-likeness (QED) is 0.577. The van der Waals surface area contributed by atoms with Crippen LogP contribution >= 0.6 is 0 Å². The number of carbonyl (C=O) groups excluding carboxylic acids is 2. The lowest BCUT2D eigenvalue weighted by atomic mass is 9.77. The molecule has 1 aromatic heterocycles. The molecule has 1 N–H and O–H groups in total. The zero-order chi connectivity index (χ0) is 17.2. The maximum Gasteiger partial charge on any atom is 0.292 e. The third-order valence-electron chi connectivity index (χ3n) is 4.54. The summed E-state index contributed by atoms with van der Waals surface area (Å²) in [6.07, 6.45) is 3.94. The molecule has 2 aromatic carbocycles. The molecule has 0 saturated heterocycles. The van der Waals surface area contributed by atoms with Crippen molar-refractivity contribution in [3.05, 3.63) is 83.7 Å². The van der Waals surface area contributed by atoms with Crippen molar-refractivity contribution in [2.45, 2.75) is 12.3 Å². The molecule has 1 aliphatic rings. The van der Waals surface area contributed by atoms with Crippen LogP contribution in [0.25, 0.3) is 5.69 Å². The van der Waals surface area contributed by atoms with Gasteiger partial charge in [0.2, 0.25) is 0 Å². The number of hydrogen-bond acceptors (Lipinski definition) is 3. The van der Waals surface area contributed by atoms with E-state index in [4.69, 9.17) is 0 Å². The zero-order valence-corrected chi connectivity index (χ0v) is 13.6. The van der Waals surface area contributed by atoms with Crippen LogP contribution in [0.2, 0.25) is 0 Å². The first kappa shape index (κ1) is 15.3. The fourth-order valence-corrected chi connectivity index (χ4v) is 3.13. The SMILES string of the molecule is O=C(NC[C@@H]1Cc2ccccc21)C(=O)c1cnn(-c2ccccc2)c1. The second-order valence-electron chi connectivity index (χ2n) is 6.15. The summed E-state index contributed by atoms with van der Waals surface area (Å²) >= 11 is 0. The fraction of sp³-hybridized carbons (Fsp3) is 0.150. The van der Waals surface area contributed by atoms with Crippen molar-refractivity contribution in [1.82, 2.24) is 15.1 Å². The maximum absolute atomic E-state index is 12.3. The Morgan fingerprint density at radius 2 is 1.84 bits per heavy atom. The monoisotopic (exact) mass is 331 g/mol. The molecule has 0 fully saturated rings. The van der Waals surface area contributed by atoms with Crippen molar-refractivity contribution in [1.29, 1.82) is 0 Å². The lowest BCUT2D eigenvalue weighted by Gasteiger charge is -2.30. The van der Waals surface area contributed by atoms with E-state index in [0.29, 0.717) is 12.5 Å². The van der Waals surface area contributed by atoms with Crippen LogP contribution in [0.4, 0.5) is 0 Å². The molecular formula is C20H17N3O2. The van der Waals surface area contributed by atoms with Crippen LogP contribution in [0.15, 0.2) is 67.0 Å². The van der Waals surface area contributed by atoms with E-state index in [-0.39, 0.29) is 5.56 Å². The molecule has 5 nitrogen and oxygen atoms in total. The molecule has 0 unspecified atom stereocenters. The Kier molecular flexibility index (Phi) is 3.90. The third-order valence-corrected chi connectivity index (χ3v) is 4.54. The van der Waals surface area contributed by atoms with Gasteiger partial charge in [0.25, 0.3) is 11.7 Å². The first-order valence-corrected chi connectivity index (χ1v) is 8.23. The summed E-state index contributed by atoms with van der Waals surface area (Å²) in [5.41, 5.74) is 3.70. The smallest absolute Gasteiger partial charge is 0.292 e. The van der Waals surface area contributed by atoms with Crippen molar-refractivity contribution in [3.8, 4) is 5.69 Å². The molecule has 124 valence electrons. The lowest BCUT2D eigenvalue weighted by molar-refractivity contribution is -0.117. The zero-order valence-electron chi connectivity index (χ0n) is 13.6. The number of hydrogen-bond donors (Lipinski definition) is 1. The van der Waals surface area contributed by atoms with Crippen LogP contribution in [0, 0.1) is 0 Å². The number of carbonyl (C=O) groups is 2. The average molecular weight is 331 g/mol. The molecule has 4 rings (SSSR count). The predicted molar refractivity (Wildman–Crippen MR) is 93.8 cm³/mol. The van der Waals surface area contributed by atoms with E-state index in [1.807, 2.05) is 42.5 Å². The number of ketones is 1. The minimum atomic E-state index is -0.586. The molecule has 0 aliphatic heterocycles. The standard InChI is InChI=1S/C20H17N3O2/c24-19(16-12-22-23(13-16)17-7-2-1-3-8-17)20(25)21-11-15-10-14-6-4-5-9-18(14)15/h1-9,12-13,15H,10-11H2,(H,21,25)/t15-/m0/s1. The van der Waals surface area contributed by atoms with Gasteiger partial charge in [-0.15, -0.1) is 0 Å². The number of para-hydroxylation sites is 1. The van der Waals surface area contributed by atoms with Crippen molar-refractivity contribution in [3.63, 3.8) is 0 Å². The van der Waals surface area contributed by atoms with Crippen LogP contribution in [-0.2, 0) is 11.2 Å².